The zero-order valence-electron chi connectivity index (χ0n) is 18.5. The average molecular weight is 412 g/mol. The molecule has 0 radical (unpaired) electrons. The van der Waals surface area contributed by atoms with Crippen LogP contribution < -0.4 is 15.0 Å². The molecule has 1 saturated heterocycles. The first-order chi connectivity index (χ1) is 14.6. The molecule has 1 fully saturated rings. The Hall–Kier alpha value is -2.80. The van der Waals surface area contributed by atoms with Crippen molar-refractivity contribution >= 4 is 11.8 Å². The minimum atomic E-state index is 0.244. The maximum Gasteiger partial charge on any atom is 0.194 e. The van der Waals surface area contributed by atoms with Gasteiger partial charge in [-0.25, -0.2) is 9.98 Å². The second kappa shape index (κ2) is 10.8. The third-order valence-electron chi connectivity index (χ3n) is 5.06. The zero-order valence-corrected chi connectivity index (χ0v) is 18.5. The topological polar surface area (TPSA) is 62.2 Å². The second-order valence-electron chi connectivity index (χ2n) is 7.53. The largest absolute Gasteiger partial charge is 0.497 e. The van der Waals surface area contributed by atoms with Gasteiger partial charge in [-0.3, -0.25) is 0 Å². The van der Waals surface area contributed by atoms with Crippen molar-refractivity contribution < 1.29 is 9.47 Å². The van der Waals surface area contributed by atoms with Crippen LogP contribution in [-0.4, -0.2) is 62.3 Å². The van der Waals surface area contributed by atoms with Crippen molar-refractivity contribution in [1.82, 2.24) is 15.2 Å². The van der Waals surface area contributed by atoms with E-state index in [-0.39, 0.29) is 6.10 Å². The normalized spacial score (nSPS) is 17.0. The maximum absolute atomic E-state index is 5.61. The summed E-state index contributed by atoms with van der Waals surface area (Å²) in [5.41, 5.74) is 2.29. The molecule has 1 atom stereocenters. The fraction of sp³-hybridized carbons (Fsp3) is 0.478. The Morgan fingerprint density at radius 2 is 2.03 bits per heavy atom. The first-order valence-corrected chi connectivity index (χ1v) is 10.5. The van der Waals surface area contributed by atoms with E-state index < -0.39 is 0 Å². The number of aliphatic imine (C=N–C) groups is 1. The predicted molar refractivity (Wildman–Crippen MR) is 121 cm³/mol. The summed E-state index contributed by atoms with van der Waals surface area (Å²) in [5.74, 6) is 2.74. The molecule has 1 unspecified atom stereocenters. The molecule has 1 aromatic carbocycles. The lowest BCUT2D eigenvalue weighted by molar-refractivity contribution is 0.0529. The SMILES string of the molecule is CCNC(=NCc1ccc(N2CCOC(C)C2)nc1)N(C)Cc1ccc(OC)cc1. The van der Waals surface area contributed by atoms with Crippen LogP contribution in [0.4, 0.5) is 5.82 Å². The van der Waals surface area contributed by atoms with Crippen LogP contribution in [0.2, 0.25) is 0 Å². The van der Waals surface area contributed by atoms with Crippen LogP contribution in [0.15, 0.2) is 47.6 Å². The summed E-state index contributed by atoms with van der Waals surface area (Å²) in [6, 6.07) is 12.3. The van der Waals surface area contributed by atoms with Gasteiger partial charge in [-0.1, -0.05) is 18.2 Å². The van der Waals surface area contributed by atoms with Crippen molar-refractivity contribution in [2.75, 3.05) is 45.3 Å². The molecule has 7 nitrogen and oxygen atoms in total. The highest BCUT2D eigenvalue weighted by molar-refractivity contribution is 5.79. The van der Waals surface area contributed by atoms with Crippen molar-refractivity contribution in [1.29, 1.82) is 0 Å². The van der Waals surface area contributed by atoms with Gasteiger partial charge in [-0.05, 0) is 43.2 Å². The molecule has 7 heteroatoms. The van der Waals surface area contributed by atoms with E-state index in [2.05, 4.69) is 58.2 Å². The Morgan fingerprint density at radius 1 is 1.27 bits per heavy atom. The van der Waals surface area contributed by atoms with Gasteiger partial charge in [0.05, 0.1) is 26.4 Å². The zero-order chi connectivity index (χ0) is 21.3. The lowest BCUT2D eigenvalue weighted by Gasteiger charge is -2.32. The number of hydrogen-bond donors (Lipinski definition) is 1. The number of benzene rings is 1. The van der Waals surface area contributed by atoms with E-state index in [0.717, 1.165) is 55.9 Å². The molecule has 0 aliphatic carbocycles. The number of nitrogens with one attached hydrogen (secondary N) is 1. The van der Waals surface area contributed by atoms with Gasteiger partial charge in [0.1, 0.15) is 11.6 Å². The number of ether oxygens (including phenoxy) is 2. The molecular formula is C23H33N5O2. The van der Waals surface area contributed by atoms with E-state index in [4.69, 9.17) is 14.5 Å². The fourth-order valence-electron chi connectivity index (χ4n) is 3.44. The Bertz CT molecular complexity index is 807. The van der Waals surface area contributed by atoms with Crippen LogP contribution in [0.1, 0.15) is 25.0 Å². The number of guanidine groups is 1. The predicted octanol–water partition coefficient (Wildman–Crippen LogP) is 2.91. The minimum Gasteiger partial charge on any atom is -0.497 e. The summed E-state index contributed by atoms with van der Waals surface area (Å²) in [5, 5.41) is 3.37. The number of pyridine rings is 1. The number of aromatic nitrogens is 1. The lowest BCUT2D eigenvalue weighted by atomic mass is 10.2. The van der Waals surface area contributed by atoms with Gasteiger partial charge in [0.25, 0.3) is 0 Å². The number of methoxy groups -OCH3 is 1. The molecule has 1 aliphatic heterocycles. The number of anilines is 1. The smallest absolute Gasteiger partial charge is 0.194 e. The summed E-state index contributed by atoms with van der Waals surface area (Å²) in [7, 11) is 3.73. The van der Waals surface area contributed by atoms with E-state index in [1.807, 2.05) is 25.4 Å². The minimum absolute atomic E-state index is 0.244. The van der Waals surface area contributed by atoms with Crippen molar-refractivity contribution in [3.63, 3.8) is 0 Å². The molecule has 0 spiro atoms. The van der Waals surface area contributed by atoms with E-state index >= 15 is 0 Å². The van der Waals surface area contributed by atoms with E-state index in [1.54, 1.807) is 7.11 Å². The Labute approximate surface area is 179 Å². The molecule has 0 saturated carbocycles. The summed E-state index contributed by atoms with van der Waals surface area (Å²) in [4.78, 5) is 13.8. The number of nitrogens with zero attached hydrogens (tertiary/aromatic N) is 4. The highest BCUT2D eigenvalue weighted by Crippen LogP contribution is 2.16. The standard InChI is InChI=1S/C23H33N5O2/c1-5-24-23(27(3)17-19-6-9-21(29-4)10-7-19)26-15-20-8-11-22(25-14-20)28-12-13-30-18(2)16-28/h6-11,14,18H,5,12-13,15-17H2,1-4H3,(H,24,26). The third-order valence-corrected chi connectivity index (χ3v) is 5.06. The van der Waals surface area contributed by atoms with Crippen molar-refractivity contribution in [2.24, 2.45) is 4.99 Å². The maximum atomic E-state index is 5.61. The number of hydrogen-bond acceptors (Lipinski definition) is 5. The summed E-state index contributed by atoms with van der Waals surface area (Å²) < 4.78 is 10.8. The van der Waals surface area contributed by atoms with Gasteiger partial charge >= 0.3 is 0 Å². The van der Waals surface area contributed by atoms with Gasteiger partial charge < -0.3 is 24.6 Å². The molecule has 2 heterocycles. The highest BCUT2D eigenvalue weighted by Gasteiger charge is 2.17. The third kappa shape index (κ3) is 6.10. The van der Waals surface area contributed by atoms with Gasteiger partial charge in [-0.15, -0.1) is 0 Å². The fourth-order valence-corrected chi connectivity index (χ4v) is 3.44. The highest BCUT2D eigenvalue weighted by atomic mass is 16.5. The van der Waals surface area contributed by atoms with Crippen LogP contribution in [0.5, 0.6) is 5.75 Å². The molecule has 2 aromatic rings. The second-order valence-corrected chi connectivity index (χ2v) is 7.53. The molecule has 0 amide bonds. The van der Waals surface area contributed by atoms with Crippen LogP contribution in [0, 0.1) is 0 Å². The van der Waals surface area contributed by atoms with Gasteiger partial charge in [0.15, 0.2) is 5.96 Å². The van der Waals surface area contributed by atoms with Gasteiger partial charge in [0.2, 0.25) is 0 Å². The van der Waals surface area contributed by atoms with Gasteiger partial charge in [-0.2, -0.15) is 0 Å². The van der Waals surface area contributed by atoms with Crippen LogP contribution in [0.3, 0.4) is 0 Å². The molecule has 0 bridgehead atoms. The molecule has 162 valence electrons. The van der Waals surface area contributed by atoms with Gasteiger partial charge in [0, 0.05) is 39.4 Å². The molecule has 3 rings (SSSR count). The quantitative estimate of drug-likeness (QED) is 0.558. The Morgan fingerprint density at radius 3 is 2.67 bits per heavy atom. The average Bonchev–Trinajstić information content (AvgIpc) is 2.77. The molecule has 1 N–H and O–H groups in total. The molecular weight excluding hydrogens is 378 g/mol. The van der Waals surface area contributed by atoms with Crippen molar-refractivity contribution in [2.45, 2.75) is 33.0 Å². The molecule has 1 aromatic heterocycles. The van der Waals surface area contributed by atoms with Crippen molar-refractivity contribution in [3.8, 4) is 5.75 Å². The Balaban J connectivity index is 1.61. The summed E-state index contributed by atoms with van der Waals surface area (Å²) in [6.07, 6.45) is 2.17. The van der Waals surface area contributed by atoms with E-state index in [1.165, 1.54) is 5.56 Å². The molecule has 30 heavy (non-hydrogen) atoms. The van der Waals surface area contributed by atoms with Crippen LogP contribution in [0.25, 0.3) is 0 Å². The number of rotatable bonds is 7. The van der Waals surface area contributed by atoms with E-state index in [0.29, 0.717) is 6.54 Å². The first-order valence-electron chi connectivity index (χ1n) is 10.5. The van der Waals surface area contributed by atoms with Crippen LogP contribution in [-0.2, 0) is 17.8 Å². The first kappa shape index (κ1) is 21.9. The number of morpholine rings is 1. The summed E-state index contributed by atoms with van der Waals surface area (Å²) in [6.45, 7) is 8.86. The van der Waals surface area contributed by atoms with Crippen LogP contribution >= 0.6 is 0 Å². The summed E-state index contributed by atoms with van der Waals surface area (Å²) >= 11 is 0. The molecule has 1 aliphatic rings. The Kier molecular flexibility index (Phi) is 7.90. The van der Waals surface area contributed by atoms with Crippen molar-refractivity contribution in [3.05, 3.63) is 53.7 Å². The monoisotopic (exact) mass is 411 g/mol. The van der Waals surface area contributed by atoms with E-state index in [9.17, 15) is 0 Å². The lowest BCUT2D eigenvalue weighted by Crippen LogP contribution is -2.41.